The van der Waals surface area contributed by atoms with Gasteiger partial charge in [0.15, 0.2) is 5.75 Å². The molecule has 45 heavy (non-hydrogen) atoms. The van der Waals surface area contributed by atoms with Gasteiger partial charge in [-0.15, -0.1) is 5.11 Å². The van der Waals surface area contributed by atoms with Gasteiger partial charge in [-0.25, -0.2) is 0 Å². The molecule has 0 aliphatic carbocycles. The maximum atomic E-state index is 12.2. The summed E-state index contributed by atoms with van der Waals surface area (Å²) in [5, 5.41) is 20.9. The molecule has 0 bridgehead atoms. The summed E-state index contributed by atoms with van der Waals surface area (Å²) in [4.78, 5) is 10.2. The minimum absolute atomic E-state index is 0. The molecule has 3 aromatic rings. The van der Waals surface area contributed by atoms with Crippen LogP contribution in [-0.4, -0.2) is 37.0 Å². The Kier molecular flexibility index (Phi) is 18.0. The van der Waals surface area contributed by atoms with Gasteiger partial charge in [-0.2, -0.15) is 21.9 Å². The number of rotatable bonds is 16. The predicted molar refractivity (Wildman–Crippen MR) is 168 cm³/mol. The summed E-state index contributed by atoms with van der Waals surface area (Å²) >= 11 is 0. The predicted octanol–water partition coefficient (Wildman–Crippen LogP) is 2.11. The number of hydrogen-bond donors (Lipinski definition) is 4. The third-order valence-electron chi connectivity index (χ3n) is 7.03. The summed E-state index contributed by atoms with van der Waals surface area (Å²) in [6, 6.07) is 9.83. The number of benzene rings is 3. The second-order valence-corrected chi connectivity index (χ2v) is 13.4. The minimum atomic E-state index is -4.98. The fraction of sp³-hybridized carbons (Fsp3) is 0.433. The molecule has 3 aromatic carbocycles. The number of aromatic hydroxyl groups is 1. The van der Waals surface area contributed by atoms with Gasteiger partial charge >= 0.3 is 59.1 Å². The van der Waals surface area contributed by atoms with Crippen LogP contribution in [0.4, 0.5) is 17.1 Å². The number of nitrogens with zero attached hydrogens (tertiary/aromatic N) is 2. The number of anilines is 1. The first-order valence-corrected chi connectivity index (χ1v) is 17.3. The van der Waals surface area contributed by atoms with Gasteiger partial charge in [0.2, 0.25) is 5.91 Å². The molecule has 0 aliphatic rings. The third-order valence-corrected chi connectivity index (χ3v) is 8.73. The summed E-state index contributed by atoms with van der Waals surface area (Å²) in [5.74, 6) is -1.41. The zero-order valence-electron chi connectivity index (χ0n) is 28.4. The van der Waals surface area contributed by atoms with Gasteiger partial charge in [0.05, 0.1) is 16.3 Å². The summed E-state index contributed by atoms with van der Waals surface area (Å²) in [6.45, 7) is 3.36. The quantitative estimate of drug-likeness (QED) is 0.0767. The van der Waals surface area contributed by atoms with E-state index in [0.717, 1.165) is 49.9 Å². The van der Waals surface area contributed by atoms with Crippen LogP contribution in [0.25, 0.3) is 10.8 Å². The van der Waals surface area contributed by atoms with Gasteiger partial charge in [0, 0.05) is 12.3 Å². The fourth-order valence-electron chi connectivity index (χ4n) is 4.84. The van der Waals surface area contributed by atoms with E-state index in [4.69, 9.17) is 0 Å². The van der Waals surface area contributed by atoms with Crippen LogP contribution in [0.3, 0.4) is 0 Å². The molecule has 0 aliphatic heterocycles. The molecule has 238 valence electrons. The van der Waals surface area contributed by atoms with Gasteiger partial charge in [-0.1, -0.05) is 76.8 Å². The fourth-order valence-corrected chi connectivity index (χ4v) is 6.04. The molecule has 0 aromatic heterocycles. The monoisotopic (exact) mass is 681 g/mol. The van der Waals surface area contributed by atoms with Crippen molar-refractivity contribution in [1.82, 2.24) is 0 Å². The average Bonchev–Trinajstić information content (AvgIpc) is 2.92. The molecular formula is C30H41N3Na2O8S2. The van der Waals surface area contributed by atoms with Crippen molar-refractivity contribution in [3.05, 3.63) is 48.0 Å². The number of amides is 1. The molecule has 0 saturated carbocycles. The van der Waals surface area contributed by atoms with Crippen molar-refractivity contribution >= 4 is 54.0 Å². The standard InChI is InChI=1S/C30H39N3O8S2.2Na.2H/c1-3-4-5-6-7-8-9-10-11-12-13-22-14-16-24(17-15-22)32-33-29-27(43(39,40)41)19-23-18-25(42(36,37)38)20-26(31-21(2)34)28(23)30(29)35;;;;/h14-20,35H,3-13H2,1-2H3,(H,31,34)(H,36,37,38)(H,39,40,41);;;;/q;2*+1;2*-1. The molecule has 0 unspecified atom stereocenters. The number of azo groups is 1. The molecule has 0 heterocycles. The summed E-state index contributed by atoms with van der Waals surface area (Å²) in [5.41, 5.74) is 0.622. The van der Waals surface area contributed by atoms with Crippen LogP contribution in [0.5, 0.6) is 5.75 Å². The molecule has 3 rings (SSSR count). The number of phenols is 1. The number of carbonyl (C=O) groups is 1. The minimum Gasteiger partial charge on any atom is -1.00 e. The summed E-state index contributed by atoms with van der Waals surface area (Å²) in [7, 11) is -9.76. The largest absolute Gasteiger partial charge is 1.00 e. The molecule has 0 atom stereocenters. The van der Waals surface area contributed by atoms with Crippen LogP contribution < -0.4 is 64.4 Å². The van der Waals surface area contributed by atoms with E-state index < -0.39 is 47.4 Å². The first-order valence-electron chi connectivity index (χ1n) is 14.4. The Morgan fingerprint density at radius 3 is 1.87 bits per heavy atom. The van der Waals surface area contributed by atoms with Crippen molar-refractivity contribution in [3.63, 3.8) is 0 Å². The van der Waals surface area contributed by atoms with E-state index in [2.05, 4.69) is 22.5 Å². The third kappa shape index (κ3) is 13.0. The van der Waals surface area contributed by atoms with Gasteiger partial charge < -0.3 is 13.3 Å². The van der Waals surface area contributed by atoms with Crippen LogP contribution in [-0.2, 0) is 31.5 Å². The molecule has 4 N–H and O–H groups in total. The number of carbonyl (C=O) groups excluding carboxylic acids is 1. The molecule has 0 radical (unpaired) electrons. The van der Waals surface area contributed by atoms with E-state index in [-0.39, 0.29) is 78.4 Å². The smallest absolute Gasteiger partial charge is 1.00 e. The van der Waals surface area contributed by atoms with E-state index in [1.807, 2.05) is 12.1 Å². The second kappa shape index (κ2) is 19.4. The number of aryl methyl sites for hydroxylation is 1. The maximum Gasteiger partial charge on any atom is 1.00 e. The van der Waals surface area contributed by atoms with Crippen LogP contribution in [0.2, 0.25) is 0 Å². The Labute approximate surface area is 312 Å². The summed E-state index contributed by atoms with van der Waals surface area (Å²) < 4.78 is 67.3. The van der Waals surface area contributed by atoms with Crippen LogP contribution in [0.15, 0.2) is 62.5 Å². The number of unbranched alkanes of at least 4 members (excludes halogenated alkanes) is 9. The van der Waals surface area contributed by atoms with Crippen LogP contribution in [0.1, 0.15) is 86.5 Å². The zero-order valence-corrected chi connectivity index (χ0v) is 32.0. The first-order chi connectivity index (χ1) is 20.3. The van der Waals surface area contributed by atoms with E-state index in [1.165, 1.54) is 51.4 Å². The molecule has 0 spiro atoms. The van der Waals surface area contributed by atoms with Crippen molar-refractivity contribution in [2.45, 2.75) is 94.3 Å². The second-order valence-electron chi connectivity index (χ2n) is 10.6. The van der Waals surface area contributed by atoms with Gasteiger partial charge in [0.25, 0.3) is 20.2 Å². The van der Waals surface area contributed by atoms with E-state index in [1.54, 1.807) is 12.1 Å². The Balaban J connectivity index is 0. The number of hydrogen-bond acceptors (Lipinski definition) is 8. The summed E-state index contributed by atoms with van der Waals surface area (Å²) in [6.07, 6.45) is 13.4. The van der Waals surface area contributed by atoms with Gasteiger partial charge in [0.1, 0.15) is 10.6 Å². The van der Waals surface area contributed by atoms with Crippen LogP contribution in [0, 0.1) is 0 Å². The van der Waals surface area contributed by atoms with Crippen molar-refractivity contribution in [2.75, 3.05) is 5.32 Å². The van der Waals surface area contributed by atoms with Gasteiger partial charge in [-0.05, 0) is 54.1 Å². The van der Waals surface area contributed by atoms with Crippen LogP contribution >= 0.6 is 0 Å². The van der Waals surface area contributed by atoms with E-state index in [0.29, 0.717) is 5.69 Å². The van der Waals surface area contributed by atoms with E-state index >= 15 is 0 Å². The number of phenolic OH excluding ortho intramolecular Hbond substituents is 1. The number of nitrogens with one attached hydrogen (secondary N) is 1. The molecule has 0 saturated heterocycles. The van der Waals surface area contributed by atoms with Crippen molar-refractivity contribution in [1.29, 1.82) is 0 Å². The Morgan fingerprint density at radius 2 is 1.36 bits per heavy atom. The molecule has 15 heteroatoms. The average molecular weight is 682 g/mol. The molecule has 1 amide bonds. The first kappa shape index (κ1) is 41.6. The van der Waals surface area contributed by atoms with Crippen molar-refractivity contribution < 1.29 is 97.8 Å². The molecule has 11 nitrogen and oxygen atoms in total. The Bertz CT molecular complexity index is 1690. The Hall–Kier alpha value is -1.39. The van der Waals surface area contributed by atoms with E-state index in [9.17, 15) is 35.8 Å². The van der Waals surface area contributed by atoms with Crippen molar-refractivity contribution in [3.8, 4) is 5.75 Å². The normalized spacial score (nSPS) is 11.7. The molecule has 0 fully saturated rings. The SMILES string of the molecule is CCCCCCCCCCCCc1ccc(N=Nc2c(S(=O)(=O)O)cc3cc(S(=O)(=O)O)cc(NC(C)=O)c3c2O)cc1.[H-].[H-].[Na+].[Na+]. The zero-order chi connectivity index (χ0) is 31.6. The topological polar surface area (TPSA) is 183 Å². The van der Waals surface area contributed by atoms with Crippen molar-refractivity contribution in [2.24, 2.45) is 10.2 Å². The maximum absolute atomic E-state index is 12.2. The Morgan fingerprint density at radius 1 is 0.800 bits per heavy atom. The number of fused-ring (bicyclic) bond motifs is 1. The van der Waals surface area contributed by atoms with Gasteiger partial charge in [-0.3, -0.25) is 13.9 Å². The molecular weight excluding hydrogens is 640 g/mol.